The van der Waals surface area contributed by atoms with E-state index >= 15 is 0 Å². The van der Waals surface area contributed by atoms with E-state index in [9.17, 15) is 14.9 Å². The molecule has 0 aliphatic rings. The molecule has 24 heavy (non-hydrogen) atoms. The number of nitro benzene ring substituents is 1. The second-order valence-electron chi connectivity index (χ2n) is 4.71. The van der Waals surface area contributed by atoms with Crippen LogP contribution in [-0.2, 0) is 16.1 Å². The SMILES string of the molecule is COc1ccc(Br)cc1COC(=O)/C=C/c1ccccc1[N+](=O)[O-]. The van der Waals surface area contributed by atoms with Gasteiger partial charge in [0.15, 0.2) is 0 Å². The highest BCUT2D eigenvalue weighted by Crippen LogP contribution is 2.24. The van der Waals surface area contributed by atoms with Crippen LogP contribution < -0.4 is 4.74 Å². The highest BCUT2D eigenvalue weighted by Gasteiger charge is 2.10. The number of methoxy groups -OCH3 is 1. The van der Waals surface area contributed by atoms with Gasteiger partial charge >= 0.3 is 5.97 Å². The maximum absolute atomic E-state index is 11.8. The van der Waals surface area contributed by atoms with Gasteiger partial charge in [-0.2, -0.15) is 0 Å². The number of rotatable bonds is 6. The lowest BCUT2D eigenvalue weighted by atomic mass is 10.1. The second kappa shape index (κ2) is 8.26. The molecule has 124 valence electrons. The number of carbonyl (C=O) groups is 1. The van der Waals surface area contributed by atoms with E-state index < -0.39 is 10.9 Å². The number of para-hydroxylation sites is 1. The molecular weight excluding hydrogens is 378 g/mol. The highest BCUT2D eigenvalue weighted by atomic mass is 79.9. The molecule has 0 fully saturated rings. The fraction of sp³-hybridized carbons (Fsp3) is 0.118. The van der Waals surface area contributed by atoms with Gasteiger partial charge < -0.3 is 9.47 Å². The Kier molecular flexibility index (Phi) is 6.08. The van der Waals surface area contributed by atoms with Gasteiger partial charge in [0.25, 0.3) is 5.69 Å². The number of benzene rings is 2. The summed E-state index contributed by atoms with van der Waals surface area (Å²) < 4.78 is 11.2. The van der Waals surface area contributed by atoms with Crippen molar-refractivity contribution >= 4 is 33.7 Å². The van der Waals surface area contributed by atoms with E-state index in [0.717, 1.165) is 10.5 Å². The van der Waals surface area contributed by atoms with Gasteiger partial charge in [-0.1, -0.05) is 28.1 Å². The lowest BCUT2D eigenvalue weighted by Gasteiger charge is -2.08. The lowest BCUT2D eigenvalue weighted by Crippen LogP contribution is -2.02. The van der Waals surface area contributed by atoms with E-state index in [1.807, 2.05) is 6.07 Å². The van der Waals surface area contributed by atoms with Crippen molar-refractivity contribution in [2.24, 2.45) is 0 Å². The molecule has 0 saturated heterocycles. The first-order valence-corrected chi connectivity index (χ1v) is 7.71. The summed E-state index contributed by atoms with van der Waals surface area (Å²) in [6, 6.07) is 11.5. The minimum atomic E-state index is -0.602. The Morgan fingerprint density at radius 2 is 2.04 bits per heavy atom. The van der Waals surface area contributed by atoms with E-state index in [1.165, 1.54) is 19.3 Å². The fourth-order valence-electron chi connectivity index (χ4n) is 2.01. The quantitative estimate of drug-likeness (QED) is 0.320. The minimum absolute atomic E-state index is 0.0304. The molecule has 0 aliphatic heterocycles. The number of ether oxygens (including phenoxy) is 2. The predicted molar refractivity (Wildman–Crippen MR) is 92.6 cm³/mol. The Balaban J connectivity index is 2.04. The van der Waals surface area contributed by atoms with E-state index in [1.54, 1.807) is 30.3 Å². The molecule has 7 heteroatoms. The Morgan fingerprint density at radius 3 is 2.75 bits per heavy atom. The zero-order valence-electron chi connectivity index (χ0n) is 12.8. The third-order valence-electron chi connectivity index (χ3n) is 3.14. The first kappa shape index (κ1) is 17.7. The molecule has 0 aliphatic carbocycles. The summed E-state index contributed by atoms with van der Waals surface area (Å²) in [5.74, 6) is 0.00357. The van der Waals surface area contributed by atoms with Gasteiger partial charge in [0.2, 0.25) is 0 Å². The van der Waals surface area contributed by atoms with Gasteiger partial charge in [-0.05, 0) is 30.3 Å². The Labute approximate surface area is 147 Å². The van der Waals surface area contributed by atoms with E-state index in [0.29, 0.717) is 16.9 Å². The van der Waals surface area contributed by atoms with Crippen LogP contribution in [-0.4, -0.2) is 18.0 Å². The third-order valence-corrected chi connectivity index (χ3v) is 3.64. The molecule has 0 heterocycles. The smallest absolute Gasteiger partial charge is 0.331 e. The van der Waals surface area contributed by atoms with Crippen LogP contribution >= 0.6 is 15.9 Å². The van der Waals surface area contributed by atoms with Gasteiger partial charge in [-0.3, -0.25) is 10.1 Å². The molecule has 0 spiro atoms. The zero-order valence-corrected chi connectivity index (χ0v) is 14.4. The average molecular weight is 392 g/mol. The highest BCUT2D eigenvalue weighted by molar-refractivity contribution is 9.10. The third kappa shape index (κ3) is 4.66. The van der Waals surface area contributed by atoms with E-state index in [-0.39, 0.29) is 12.3 Å². The van der Waals surface area contributed by atoms with Crippen molar-refractivity contribution < 1.29 is 19.2 Å². The summed E-state index contributed by atoms with van der Waals surface area (Å²) in [5.41, 5.74) is 0.967. The number of esters is 1. The Bertz CT molecular complexity index is 788. The summed E-state index contributed by atoms with van der Waals surface area (Å²) >= 11 is 3.34. The van der Waals surface area contributed by atoms with Gasteiger partial charge in [0.1, 0.15) is 12.4 Å². The fourth-order valence-corrected chi connectivity index (χ4v) is 2.42. The molecule has 2 rings (SSSR count). The predicted octanol–water partition coefficient (Wildman–Crippen LogP) is 4.12. The van der Waals surface area contributed by atoms with Crippen molar-refractivity contribution in [2.45, 2.75) is 6.61 Å². The molecule has 2 aromatic carbocycles. The van der Waals surface area contributed by atoms with Crippen LogP contribution in [0.3, 0.4) is 0 Å². The standard InChI is InChI=1S/C17H14BrNO5/c1-23-16-8-7-14(18)10-13(16)11-24-17(20)9-6-12-4-2-3-5-15(12)19(21)22/h2-10H,11H2,1H3/b9-6+. The largest absolute Gasteiger partial charge is 0.496 e. The van der Waals surface area contributed by atoms with Crippen molar-refractivity contribution in [3.63, 3.8) is 0 Å². The van der Waals surface area contributed by atoms with Crippen LogP contribution in [0, 0.1) is 10.1 Å². The molecular formula is C17H14BrNO5. The maximum atomic E-state index is 11.8. The van der Waals surface area contributed by atoms with Gasteiger partial charge in [-0.15, -0.1) is 0 Å². The van der Waals surface area contributed by atoms with Crippen molar-refractivity contribution in [3.8, 4) is 5.75 Å². The molecule has 0 amide bonds. The Hall–Kier alpha value is -2.67. The molecule has 0 atom stereocenters. The van der Waals surface area contributed by atoms with Crippen molar-refractivity contribution in [3.05, 3.63) is 74.3 Å². The van der Waals surface area contributed by atoms with Crippen LogP contribution in [0.4, 0.5) is 5.69 Å². The van der Waals surface area contributed by atoms with Gasteiger partial charge in [0, 0.05) is 22.2 Å². The molecule has 0 unspecified atom stereocenters. The molecule has 0 radical (unpaired) electrons. The normalized spacial score (nSPS) is 10.6. The summed E-state index contributed by atoms with van der Waals surface area (Å²) in [7, 11) is 1.53. The van der Waals surface area contributed by atoms with Crippen LogP contribution in [0.25, 0.3) is 6.08 Å². The van der Waals surface area contributed by atoms with Crippen LogP contribution in [0.15, 0.2) is 53.0 Å². The summed E-state index contributed by atoms with van der Waals surface area (Å²) in [6.07, 6.45) is 2.52. The van der Waals surface area contributed by atoms with Gasteiger partial charge in [0.05, 0.1) is 17.6 Å². The summed E-state index contributed by atoms with van der Waals surface area (Å²) in [6.45, 7) is 0.0304. The number of hydrogen-bond donors (Lipinski definition) is 0. The first-order chi connectivity index (χ1) is 11.5. The number of nitro groups is 1. The zero-order chi connectivity index (χ0) is 17.5. The number of hydrogen-bond acceptors (Lipinski definition) is 5. The topological polar surface area (TPSA) is 78.7 Å². The molecule has 0 saturated carbocycles. The maximum Gasteiger partial charge on any atom is 0.331 e. The number of halogens is 1. The van der Waals surface area contributed by atoms with E-state index in [4.69, 9.17) is 9.47 Å². The summed E-state index contributed by atoms with van der Waals surface area (Å²) in [5, 5.41) is 10.9. The lowest BCUT2D eigenvalue weighted by molar-refractivity contribution is -0.385. The van der Waals surface area contributed by atoms with Crippen LogP contribution in [0.2, 0.25) is 0 Å². The number of nitrogens with zero attached hydrogens (tertiary/aromatic N) is 1. The number of carbonyl (C=O) groups excluding carboxylic acids is 1. The van der Waals surface area contributed by atoms with Crippen molar-refractivity contribution in [1.82, 2.24) is 0 Å². The van der Waals surface area contributed by atoms with E-state index in [2.05, 4.69) is 15.9 Å². The van der Waals surface area contributed by atoms with Crippen molar-refractivity contribution in [2.75, 3.05) is 7.11 Å². The minimum Gasteiger partial charge on any atom is -0.496 e. The first-order valence-electron chi connectivity index (χ1n) is 6.92. The van der Waals surface area contributed by atoms with Gasteiger partial charge in [-0.25, -0.2) is 4.79 Å². The molecule has 0 N–H and O–H groups in total. The molecule has 6 nitrogen and oxygen atoms in total. The van der Waals surface area contributed by atoms with Crippen LogP contribution in [0.5, 0.6) is 5.75 Å². The second-order valence-corrected chi connectivity index (χ2v) is 5.63. The Morgan fingerprint density at radius 1 is 1.29 bits per heavy atom. The average Bonchev–Trinajstić information content (AvgIpc) is 2.58. The molecule has 0 bridgehead atoms. The summed E-state index contributed by atoms with van der Waals surface area (Å²) in [4.78, 5) is 22.2. The van der Waals surface area contributed by atoms with Crippen LogP contribution in [0.1, 0.15) is 11.1 Å². The molecule has 2 aromatic rings. The molecule has 0 aromatic heterocycles. The van der Waals surface area contributed by atoms with Crippen molar-refractivity contribution in [1.29, 1.82) is 0 Å². The monoisotopic (exact) mass is 391 g/mol.